The molecule has 2 aliphatic heterocycles. The van der Waals surface area contributed by atoms with E-state index < -0.39 is 11.7 Å². The molecule has 0 saturated carbocycles. The number of amides is 1. The topological polar surface area (TPSA) is 85.4 Å². The van der Waals surface area contributed by atoms with E-state index in [1.165, 1.54) is 0 Å². The molecule has 1 unspecified atom stereocenters. The summed E-state index contributed by atoms with van der Waals surface area (Å²) < 4.78 is 22.4. The Bertz CT molecular complexity index is 1250. The van der Waals surface area contributed by atoms with Crippen molar-refractivity contribution < 1.29 is 23.7 Å². The van der Waals surface area contributed by atoms with Gasteiger partial charge in [0.1, 0.15) is 17.1 Å². The minimum Gasteiger partial charge on any atom is -0.494 e. The van der Waals surface area contributed by atoms with Gasteiger partial charge in [-0.2, -0.15) is 0 Å². The van der Waals surface area contributed by atoms with Gasteiger partial charge in [0.05, 0.1) is 38.8 Å². The number of carbonyl (C=O) groups is 1. The molecular formula is C27H33N3O5. The lowest BCUT2D eigenvalue weighted by Gasteiger charge is -2.29. The van der Waals surface area contributed by atoms with Crippen LogP contribution in [0, 0.1) is 13.8 Å². The third kappa shape index (κ3) is 4.78. The lowest BCUT2D eigenvalue weighted by Crippen LogP contribution is -2.44. The predicted molar refractivity (Wildman–Crippen MR) is 137 cm³/mol. The Morgan fingerprint density at radius 3 is 2.34 bits per heavy atom. The van der Waals surface area contributed by atoms with Gasteiger partial charge in [-0.3, -0.25) is 4.90 Å². The highest BCUT2D eigenvalue weighted by molar-refractivity contribution is 6.11. The van der Waals surface area contributed by atoms with Crippen LogP contribution in [0.1, 0.15) is 43.3 Å². The SMILES string of the molecule is COC1=CC(C2Cc3cc(OC)c(OC)cc3N2C(=O)OC(C)(C)C)=N/C1=C\c1[nH]c(C)cc1C. The smallest absolute Gasteiger partial charge is 0.415 e. The van der Waals surface area contributed by atoms with Crippen molar-refractivity contribution in [1.82, 2.24) is 4.98 Å². The zero-order valence-electron chi connectivity index (χ0n) is 21.6. The Hall–Kier alpha value is -3.68. The molecule has 0 radical (unpaired) electrons. The number of H-pyrrole nitrogens is 1. The van der Waals surface area contributed by atoms with Crippen LogP contribution in [0.4, 0.5) is 10.5 Å². The first kappa shape index (κ1) is 24.4. The number of nitrogens with zero attached hydrogens (tertiary/aromatic N) is 2. The molecule has 186 valence electrons. The van der Waals surface area contributed by atoms with Crippen molar-refractivity contribution in [2.75, 3.05) is 26.2 Å². The maximum absolute atomic E-state index is 13.4. The van der Waals surface area contributed by atoms with Crippen LogP contribution in [0.25, 0.3) is 6.08 Å². The number of hydrogen-bond donors (Lipinski definition) is 1. The second-order valence-corrected chi connectivity index (χ2v) is 9.73. The van der Waals surface area contributed by atoms with Crippen LogP contribution in [0.5, 0.6) is 11.5 Å². The van der Waals surface area contributed by atoms with Crippen LogP contribution in [0.2, 0.25) is 0 Å². The number of aromatic amines is 1. The second kappa shape index (κ2) is 9.17. The summed E-state index contributed by atoms with van der Waals surface area (Å²) in [6, 6.07) is 5.43. The first-order chi connectivity index (χ1) is 16.5. The molecule has 0 bridgehead atoms. The highest BCUT2D eigenvalue weighted by Crippen LogP contribution is 2.42. The van der Waals surface area contributed by atoms with E-state index in [9.17, 15) is 4.79 Å². The summed E-state index contributed by atoms with van der Waals surface area (Å²) in [6.07, 6.45) is 3.96. The summed E-state index contributed by atoms with van der Waals surface area (Å²) in [5.41, 5.74) is 5.59. The summed E-state index contributed by atoms with van der Waals surface area (Å²) in [6.45, 7) is 9.61. The van der Waals surface area contributed by atoms with E-state index in [-0.39, 0.29) is 6.04 Å². The van der Waals surface area contributed by atoms with Gasteiger partial charge in [-0.25, -0.2) is 9.79 Å². The molecule has 2 aliphatic rings. The average Bonchev–Trinajstić information content (AvgIpc) is 3.45. The number of hydrogen-bond acceptors (Lipinski definition) is 6. The standard InChI is InChI=1S/C27H33N3O5/c1-15-9-16(2)28-18(15)12-20-23(32-6)13-19(29-20)22-10-17-11-24(33-7)25(34-8)14-21(17)30(22)26(31)35-27(3,4)5/h9,11-14,22,28H,10H2,1-8H3/b20-12-. The summed E-state index contributed by atoms with van der Waals surface area (Å²) in [4.78, 5) is 23.3. The Labute approximate surface area is 206 Å². The number of fused-ring (bicyclic) bond motifs is 1. The molecule has 3 heterocycles. The van der Waals surface area contributed by atoms with Crippen LogP contribution in [-0.4, -0.2) is 49.8 Å². The van der Waals surface area contributed by atoms with Gasteiger partial charge < -0.3 is 23.9 Å². The molecule has 1 aromatic carbocycles. The van der Waals surface area contributed by atoms with Gasteiger partial charge in [0.25, 0.3) is 0 Å². The molecule has 0 spiro atoms. The number of aryl methyl sites for hydroxylation is 2. The molecule has 1 amide bonds. The molecule has 1 N–H and O–H groups in total. The van der Waals surface area contributed by atoms with Gasteiger partial charge in [-0.15, -0.1) is 0 Å². The molecule has 1 aromatic heterocycles. The Morgan fingerprint density at radius 2 is 1.77 bits per heavy atom. The van der Waals surface area contributed by atoms with E-state index in [0.717, 1.165) is 22.5 Å². The Morgan fingerprint density at radius 1 is 1.09 bits per heavy atom. The van der Waals surface area contributed by atoms with Crippen molar-refractivity contribution in [1.29, 1.82) is 0 Å². The molecule has 35 heavy (non-hydrogen) atoms. The normalized spacial score (nSPS) is 18.3. The van der Waals surface area contributed by atoms with Crippen molar-refractivity contribution >= 4 is 23.6 Å². The van der Waals surface area contributed by atoms with Crippen LogP contribution >= 0.6 is 0 Å². The second-order valence-electron chi connectivity index (χ2n) is 9.73. The van der Waals surface area contributed by atoms with E-state index in [1.807, 2.05) is 58.9 Å². The average molecular weight is 480 g/mol. The van der Waals surface area contributed by atoms with E-state index in [2.05, 4.69) is 11.1 Å². The number of methoxy groups -OCH3 is 3. The number of ether oxygens (including phenoxy) is 4. The first-order valence-electron chi connectivity index (χ1n) is 11.5. The first-order valence-corrected chi connectivity index (χ1v) is 11.5. The summed E-state index contributed by atoms with van der Waals surface area (Å²) in [5, 5.41) is 0. The van der Waals surface area contributed by atoms with Crippen molar-refractivity contribution in [3.05, 3.63) is 58.2 Å². The molecule has 2 aromatic rings. The minimum absolute atomic E-state index is 0.376. The van der Waals surface area contributed by atoms with Crippen LogP contribution in [0.15, 0.2) is 40.7 Å². The molecular weight excluding hydrogens is 446 g/mol. The van der Waals surface area contributed by atoms with Crippen molar-refractivity contribution in [3.63, 3.8) is 0 Å². The zero-order valence-corrected chi connectivity index (χ0v) is 21.6. The predicted octanol–water partition coefficient (Wildman–Crippen LogP) is 5.34. The highest BCUT2D eigenvalue weighted by Gasteiger charge is 2.41. The van der Waals surface area contributed by atoms with E-state index in [4.69, 9.17) is 23.9 Å². The maximum Gasteiger partial charge on any atom is 0.415 e. The van der Waals surface area contributed by atoms with Crippen LogP contribution < -0.4 is 14.4 Å². The lowest BCUT2D eigenvalue weighted by molar-refractivity contribution is 0.0578. The van der Waals surface area contributed by atoms with Gasteiger partial charge in [0.15, 0.2) is 11.5 Å². The molecule has 0 aliphatic carbocycles. The number of anilines is 1. The molecule has 1 atom stereocenters. The van der Waals surface area contributed by atoms with Gasteiger partial charge in [0.2, 0.25) is 0 Å². The van der Waals surface area contributed by atoms with Gasteiger partial charge in [0, 0.05) is 30.0 Å². The van der Waals surface area contributed by atoms with Gasteiger partial charge >= 0.3 is 6.09 Å². The van der Waals surface area contributed by atoms with Crippen molar-refractivity contribution in [2.45, 2.75) is 52.7 Å². The number of aliphatic imine (C=N–C) groups is 1. The quantitative estimate of drug-likeness (QED) is 0.626. The molecule has 0 fully saturated rings. The summed E-state index contributed by atoms with van der Waals surface area (Å²) in [5.74, 6) is 1.79. The molecule has 8 heteroatoms. The third-order valence-corrected chi connectivity index (χ3v) is 5.97. The number of benzene rings is 1. The fraction of sp³-hybridized carbons (Fsp3) is 0.407. The Kier molecular flexibility index (Phi) is 6.40. The van der Waals surface area contributed by atoms with Crippen molar-refractivity contribution in [2.24, 2.45) is 4.99 Å². The van der Waals surface area contributed by atoms with E-state index in [0.29, 0.717) is 40.8 Å². The van der Waals surface area contributed by atoms with Crippen molar-refractivity contribution in [3.8, 4) is 11.5 Å². The zero-order chi connectivity index (χ0) is 25.5. The van der Waals surface area contributed by atoms with Gasteiger partial charge in [-0.1, -0.05) is 0 Å². The number of aromatic nitrogens is 1. The lowest BCUT2D eigenvalue weighted by atomic mass is 10.1. The van der Waals surface area contributed by atoms with Gasteiger partial charge in [-0.05, 0) is 64.0 Å². The molecule has 8 nitrogen and oxygen atoms in total. The summed E-state index contributed by atoms with van der Waals surface area (Å²) >= 11 is 0. The fourth-order valence-corrected chi connectivity index (χ4v) is 4.45. The third-order valence-electron chi connectivity index (χ3n) is 5.97. The Balaban J connectivity index is 1.78. The monoisotopic (exact) mass is 479 g/mol. The molecule has 4 rings (SSSR count). The van der Waals surface area contributed by atoms with Crippen LogP contribution in [-0.2, 0) is 15.9 Å². The largest absolute Gasteiger partial charge is 0.494 e. The minimum atomic E-state index is -0.653. The maximum atomic E-state index is 13.4. The number of rotatable bonds is 5. The molecule has 0 saturated heterocycles. The number of carbonyl (C=O) groups excluding carboxylic acids is 1. The highest BCUT2D eigenvalue weighted by atomic mass is 16.6. The summed E-state index contributed by atoms with van der Waals surface area (Å²) in [7, 11) is 4.79. The van der Waals surface area contributed by atoms with E-state index in [1.54, 1.807) is 26.2 Å². The number of nitrogens with one attached hydrogen (secondary N) is 1. The van der Waals surface area contributed by atoms with E-state index >= 15 is 0 Å². The fourth-order valence-electron chi connectivity index (χ4n) is 4.45. The van der Waals surface area contributed by atoms with Crippen LogP contribution in [0.3, 0.4) is 0 Å².